The van der Waals surface area contributed by atoms with Gasteiger partial charge in [-0.25, -0.2) is 0 Å². The lowest BCUT2D eigenvalue weighted by Crippen LogP contribution is -2.78. The summed E-state index contributed by atoms with van der Waals surface area (Å²) < 4.78 is 0. The van der Waals surface area contributed by atoms with Crippen molar-refractivity contribution in [3.05, 3.63) is 12.2 Å². The quantitative estimate of drug-likeness (QED) is 0.596. The summed E-state index contributed by atoms with van der Waals surface area (Å²) >= 11 is 0. The van der Waals surface area contributed by atoms with Crippen LogP contribution in [0.25, 0.3) is 0 Å². The maximum Gasteiger partial charge on any atom is 0.237 e. The summed E-state index contributed by atoms with van der Waals surface area (Å²) in [5, 5.41) is 13.3. The third-order valence-electron chi connectivity index (χ3n) is 4.17. The lowest BCUT2D eigenvalue weighted by molar-refractivity contribution is -0.137. The van der Waals surface area contributed by atoms with E-state index in [0.29, 0.717) is 0 Å². The van der Waals surface area contributed by atoms with Crippen molar-refractivity contribution in [3.63, 3.8) is 0 Å². The zero-order chi connectivity index (χ0) is 13.5. The van der Waals surface area contributed by atoms with Gasteiger partial charge >= 0.3 is 0 Å². The van der Waals surface area contributed by atoms with E-state index < -0.39 is 18.1 Å². The Kier molecular flexibility index (Phi) is 3.49. The minimum absolute atomic E-state index is 0.0361. The number of amides is 1. The van der Waals surface area contributed by atoms with Gasteiger partial charge in [0, 0.05) is 6.54 Å². The van der Waals surface area contributed by atoms with Gasteiger partial charge in [-0.3, -0.25) is 9.69 Å². The van der Waals surface area contributed by atoms with Gasteiger partial charge in [-0.2, -0.15) is 0 Å². The van der Waals surface area contributed by atoms with Crippen LogP contribution in [-0.4, -0.2) is 52.7 Å². The van der Waals surface area contributed by atoms with Crippen molar-refractivity contribution in [2.45, 2.75) is 50.4 Å². The van der Waals surface area contributed by atoms with Gasteiger partial charge in [-0.1, -0.05) is 12.2 Å². The molecule has 2 unspecified atom stereocenters. The summed E-state index contributed by atoms with van der Waals surface area (Å²) in [4.78, 5) is 13.5. The number of hydrogen-bond donors (Lipinski definition) is 3. The van der Waals surface area contributed by atoms with Crippen LogP contribution < -0.4 is 11.1 Å². The van der Waals surface area contributed by atoms with Crippen LogP contribution in [0.2, 0.25) is 0 Å². The molecule has 2 aliphatic heterocycles. The van der Waals surface area contributed by atoms with Crippen LogP contribution >= 0.6 is 0 Å². The Labute approximate surface area is 108 Å². The van der Waals surface area contributed by atoms with Crippen molar-refractivity contribution < 1.29 is 9.90 Å². The van der Waals surface area contributed by atoms with Crippen molar-refractivity contribution in [1.29, 1.82) is 0 Å². The van der Waals surface area contributed by atoms with Crippen LogP contribution in [0.15, 0.2) is 12.2 Å². The molecule has 2 heterocycles. The second-order valence-electron chi connectivity index (χ2n) is 5.70. The summed E-state index contributed by atoms with van der Waals surface area (Å²) in [5.41, 5.74) is 6.46. The highest BCUT2D eigenvalue weighted by Gasteiger charge is 2.57. The van der Waals surface area contributed by atoms with Crippen molar-refractivity contribution in [3.8, 4) is 0 Å². The highest BCUT2D eigenvalue weighted by atomic mass is 16.3. The molecule has 4 atom stereocenters. The summed E-state index contributed by atoms with van der Waals surface area (Å²) in [6.45, 7) is 9.37. The van der Waals surface area contributed by atoms with Gasteiger partial charge in [0.2, 0.25) is 5.91 Å². The highest BCUT2D eigenvalue weighted by molar-refractivity contribution is 5.81. The molecule has 0 aromatic heterocycles. The standard InChI is InChI=1S/C13H23N3O2/c1-8(2)11-13(5-4-6-15-13)7-16(11)10(9(3)17)12(14)18/h9-11,15,17H,1,4-7H2,2-3H3,(H2,14,18)/t9-,10+,11?,13?/m1/s1. The molecule has 102 valence electrons. The van der Waals surface area contributed by atoms with Gasteiger partial charge in [0.1, 0.15) is 6.04 Å². The molecule has 5 heteroatoms. The molecular formula is C13H23N3O2. The highest BCUT2D eigenvalue weighted by Crippen LogP contribution is 2.41. The minimum Gasteiger partial charge on any atom is -0.391 e. The fourth-order valence-corrected chi connectivity index (χ4v) is 3.60. The number of carbonyl (C=O) groups is 1. The van der Waals surface area contributed by atoms with E-state index in [-0.39, 0.29) is 11.6 Å². The first kappa shape index (κ1) is 13.5. The SMILES string of the molecule is C=C(C)C1N([C@H](C(N)=O)[C@@H](C)O)CC12CCCN2. The van der Waals surface area contributed by atoms with Gasteiger partial charge in [0.05, 0.1) is 17.7 Å². The van der Waals surface area contributed by atoms with E-state index >= 15 is 0 Å². The lowest BCUT2D eigenvalue weighted by Gasteiger charge is -2.59. The fourth-order valence-electron chi connectivity index (χ4n) is 3.60. The van der Waals surface area contributed by atoms with Crippen molar-refractivity contribution in [1.82, 2.24) is 10.2 Å². The average Bonchev–Trinajstić information content (AvgIpc) is 2.64. The van der Waals surface area contributed by atoms with Crippen molar-refractivity contribution in [2.24, 2.45) is 5.73 Å². The Morgan fingerprint density at radius 2 is 2.33 bits per heavy atom. The smallest absolute Gasteiger partial charge is 0.237 e. The van der Waals surface area contributed by atoms with Crippen molar-refractivity contribution in [2.75, 3.05) is 13.1 Å². The van der Waals surface area contributed by atoms with Crippen molar-refractivity contribution >= 4 is 5.91 Å². The summed E-state index contributed by atoms with van der Waals surface area (Å²) in [6.07, 6.45) is 1.47. The van der Waals surface area contributed by atoms with Crippen LogP contribution in [0.3, 0.4) is 0 Å². The zero-order valence-electron chi connectivity index (χ0n) is 11.1. The third-order valence-corrected chi connectivity index (χ3v) is 4.17. The Bertz CT molecular complexity index is 361. The topological polar surface area (TPSA) is 78.6 Å². The second-order valence-corrected chi connectivity index (χ2v) is 5.70. The molecule has 2 rings (SSSR count). The molecule has 0 aromatic carbocycles. The predicted octanol–water partition coefficient (Wildman–Crippen LogP) is -0.396. The molecule has 1 amide bonds. The van der Waals surface area contributed by atoms with Gasteiger partial charge in [-0.15, -0.1) is 0 Å². The number of nitrogens with two attached hydrogens (primary N) is 1. The molecule has 1 spiro atoms. The molecule has 0 aromatic rings. The monoisotopic (exact) mass is 253 g/mol. The third kappa shape index (κ3) is 1.96. The average molecular weight is 253 g/mol. The van der Waals surface area contributed by atoms with Crippen LogP contribution in [-0.2, 0) is 4.79 Å². The Morgan fingerprint density at radius 1 is 1.67 bits per heavy atom. The normalized spacial score (nSPS) is 35.2. The van der Waals surface area contributed by atoms with E-state index in [1.165, 1.54) is 0 Å². The Balaban J connectivity index is 2.20. The fraction of sp³-hybridized carbons (Fsp3) is 0.769. The van der Waals surface area contributed by atoms with E-state index in [0.717, 1.165) is 31.5 Å². The minimum atomic E-state index is -0.761. The van der Waals surface area contributed by atoms with E-state index in [1.807, 2.05) is 11.8 Å². The number of aliphatic hydroxyl groups is 1. The first-order valence-corrected chi connectivity index (χ1v) is 6.52. The van der Waals surface area contributed by atoms with Gasteiger partial charge in [0.15, 0.2) is 0 Å². The number of likely N-dealkylation sites (tertiary alicyclic amines) is 1. The maximum atomic E-state index is 11.5. The maximum absolute atomic E-state index is 11.5. The number of nitrogens with one attached hydrogen (secondary N) is 1. The van der Waals surface area contributed by atoms with Crippen LogP contribution in [0.5, 0.6) is 0 Å². The molecule has 2 fully saturated rings. The zero-order valence-corrected chi connectivity index (χ0v) is 11.1. The Morgan fingerprint density at radius 3 is 2.72 bits per heavy atom. The number of rotatable bonds is 4. The molecule has 5 nitrogen and oxygen atoms in total. The van der Waals surface area contributed by atoms with Gasteiger partial charge in [0.25, 0.3) is 0 Å². The molecule has 0 saturated carbocycles. The van der Waals surface area contributed by atoms with E-state index in [4.69, 9.17) is 5.73 Å². The molecule has 2 saturated heterocycles. The van der Waals surface area contributed by atoms with Crippen LogP contribution in [0.1, 0.15) is 26.7 Å². The molecule has 0 bridgehead atoms. The summed E-state index contributed by atoms with van der Waals surface area (Å²) in [5.74, 6) is -0.468. The Hall–Kier alpha value is -0.910. The van der Waals surface area contributed by atoms with E-state index in [2.05, 4.69) is 11.9 Å². The number of nitrogens with zero attached hydrogens (tertiary/aromatic N) is 1. The van der Waals surface area contributed by atoms with Gasteiger partial charge < -0.3 is 16.2 Å². The van der Waals surface area contributed by atoms with Crippen LogP contribution in [0, 0.1) is 0 Å². The van der Waals surface area contributed by atoms with Crippen LogP contribution in [0.4, 0.5) is 0 Å². The summed E-state index contributed by atoms with van der Waals surface area (Å²) in [7, 11) is 0. The number of primary amides is 1. The largest absolute Gasteiger partial charge is 0.391 e. The molecule has 0 aliphatic carbocycles. The number of hydrogen-bond acceptors (Lipinski definition) is 4. The number of aliphatic hydroxyl groups excluding tert-OH is 1. The number of carbonyl (C=O) groups excluding carboxylic acids is 1. The molecule has 2 aliphatic rings. The van der Waals surface area contributed by atoms with Gasteiger partial charge in [-0.05, 0) is 33.2 Å². The molecule has 4 N–H and O–H groups in total. The second kappa shape index (κ2) is 4.64. The first-order chi connectivity index (χ1) is 8.39. The molecule has 0 radical (unpaired) electrons. The first-order valence-electron chi connectivity index (χ1n) is 6.52. The molecule has 18 heavy (non-hydrogen) atoms. The molecular weight excluding hydrogens is 230 g/mol. The summed E-state index contributed by atoms with van der Waals surface area (Å²) in [6, 6.07) is -0.535. The van der Waals surface area contributed by atoms with E-state index in [1.54, 1.807) is 6.92 Å². The lowest BCUT2D eigenvalue weighted by atomic mass is 9.74. The van der Waals surface area contributed by atoms with E-state index in [9.17, 15) is 9.90 Å². The predicted molar refractivity (Wildman–Crippen MR) is 69.9 cm³/mol.